The molecule has 0 bridgehead atoms. The van der Waals surface area contributed by atoms with E-state index in [9.17, 15) is 0 Å². The van der Waals surface area contributed by atoms with E-state index in [-0.39, 0.29) is 0 Å². The summed E-state index contributed by atoms with van der Waals surface area (Å²) in [5, 5.41) is 10.2. The van der Waals surface area contributed by atoms with Crippen LogP contribution in [0.2, 0.25) is 0 Å². The molecule has 0 spiro atoms. The third kappa shape index (κ3) is 2.65. The maximum absolute atomic E-state index is 9.10. The van der Waals surface area contributed by atoms with Crippen molar-refractivity contribution in [1.29, 1.82) is 0 Å². The lowest BCUT2D eigenvalue weighted by Crippen LogP contribution is -2.14. The number of nitrogens with zero attached hydrogens (tertiary/aromatic N) is 3. The van der Waals surface area contributed by atoms with Crippen LogP contribution in [0.3, 0.4) is 0 Å². The van der Waals surface area contributed by atoms with E-state index < -0.39 is 0 Å². The highest BCUT2D eigenvalue weighted by Gasteiger charge is 2.07. The predicted molar refractivity (Wildman–Crippen MR) is 51.2 cm³/mol. The minimum Gasteiger partial charge on any atom is -0.467 e. The fourth-order valence-electron chi connectivity index (χ4n) is 1.21. The Balaban J connectivity index is 2.93. The van der Waals surface area contributed by atoms with Gasteiger partial charge in [0.25, 0.3) is 0 Å². The fourth-order valence-corrected chi connectivity index (χ4v) is 1.21. The highest BCUT2D eigenvalue weighted by atomic mass is 16.5. The molecule has 0 amide bonds. The molecule has 5 heteroatoms. The zero-order valence-electron chi connectivity index (χ0n) is 8.69. The van der Waals surface area contributed by atoms with Gasteiger partial charge in [-0.1, -0.05) is 6.92 Å². The van der Waals surface area contributed by atoms with Crippen LogP contribution in [0.25, 0.3) is 0 Å². The van der Waals surface area contributed by atoms with Crippen LogP contribution in [0, 0.1) is 0 Å². The van der Waals surface area contributed by atoms with Gasteiger partial charge in [-0.05, 0) is 6.42 Å². The topological polar surface area (TPSA) is 58.5 Å². The molecule has 78 valence electrons. The molecular weight excluding hydrogens is 182 g/mol. The minimum atomic E-state index is 0.367. The standard InChI is InChI=1S/C9H15N3O2/c1-4-8-7(6-12(2)13)5-10-9(11-8)14-3/h5,13H,4,6H2,1-3H3. The van der Waals surface area contributed by atoms with E-state index in [0.717, 1.165) is 22.7 Å². The number of hydroxylamine groups is 2. The Bertz CT molecular complexity index is 302. The molecule has 0 aromatic carbocycles. The second kappa shape index (κ2) is 4.88. The lowest BCUT2D eigenvalue weighted by molar-refractivity contribution is -0.0735. The molecule has 1 aromatic rings. The van der Waals surface area contributed by atoms with Crippen LogP contribution in [0.1, 0.15) is 18.2 Å². The first-order valence-corrected chi connectivity index (χ1v) is 4.46. The molecule has 0 aliphatic heterocycles. The summed E-state index contributed by atoms with van der Waals surface area (Å²) in [7, 11) is 3.12. The Hall–Kier alpha value is -1.20. The minimum absolute atomic E-state index is 0.367. The van der Waals surface area contributed by atoms with Crippen LogP contribution in [0.5, 0.6) is 6.01 Å². The van der Waals surface area contributed by atoms with Crippen molar-refractivity contribution >= 4 is 0 Å². The van der Waals surface area contributed by atoms with Gasteiger partial charge in [0.2, 0.25) is 0 Å². The van der Waals surface area contributed by atoms with Gasteiger partial charge in [-0.2, -0.15) is 10.0 Å². The molecule has 0 saturated heterocycles. The van der Waals surface area contributed by atoms with E-state index >= 15 is 0 Å². The fraction of sp³-hybridized carbons (Fsp3) is 0.556. The van der Waals surface area contributed by atoms with Gasteiger partial charge < -0.3 is 9.94 Å². The van der Waals surface area contributed by atoms with Gasteiger partial charge in [0.05, 0.1) is 19.3 Å². The monoisotopic (exact) mass is 197 g/mol. The Morgan fingerprint density at radius 3 is 2.79 bits per heavy atom. The lowest BCUT2D eigenvalue weighted by Gasteiger charge is -2.11. The first kappa shape index (κ1) is 10.9. The van der Waals surface area contributed by atoms with Crippen molar-refractivity contribution in [2.24, 2.45) is 0 Å². The SMILES string of the molecule is CCc1nc(OC)ncc1CN(C)O. The Labute approximate surface area is 83.3 Å². The van der Waals surface area contributed by atoms with Crippen molar-refractivity contribution in [3.05, 3.63) is 17.5 Å². The van der Waals surface area contributed by atoms with Gasteiger partial charge in [0.1, 0.15) is 0 Å². The number of methoxy groups -OCH3 is 1. The maximum Gasteiger partial charge on any atom is 0.316 e. The van der Waals surface area contributed by atoms with Gasteiger partial charge in [-0.3, -0.25) is 0 Å². The Morgan fingerprint density at radius 2 is 2.29 bits per heavy atom. The van der Waals surface area contributed by atoms with E-state index in [0.29, 0.717) is 12.6 Å². The van der Waals surface area contributed by atoms with Crippen LogP contribution in [0.4, 0.5) is 0 Å². The highest BCUT2D eigenvalue weighted by Crippen LogP contribution is 2.11. The lowest BCUT2D eigenvalue weighted by atomic mass is 10.2. The molecule has 0 radical (unpaired) electrons. The molecule has 1 N–H and O–H groups in total. The van der Waals surface area contributed by atoms with Crippen molar-refractivity contribution in [3.8, 4) is 6.01 Å². The van der Waals surface area contributed by atoms with Gasteiger partial charge in [0.15, 0.2) is 0 Å². The van der Waals surface area contributed by atoms with E-state index in [2.05, 4.69) is 9.97 Å². The number of rotatable bonds is 4. The van der Waals surface area contributed by atoms with E-state index in [4.69, 9.17) is 9.94 Å². The van der Waals surface area contributed by atoms with Gasteiger partial charge in [-0.15, -0.1) is 0 Å². The van der Waals surface area contributed by atoms with Crippen molar-refractivity contribution in [2.45, 2.75) is 19.9 Å². The number of hydrogen-bond acceptors (Lipinski definition) is 5. The van der Waals surface area contributed by atoms with Crippen molar-refractivity contribution < 1.29 is 9.94 Å². The van der Waals surface area contributed by atoms with E-state index in [1.54, 1.807) is 13.2 Å². The third-order valence-corrected chi connectivity index (χ3v) is 1.85. The van der Waals surface area contributed by atoms with Crippen molar-refractivity contribution in [2.75, 3.05) is 14.2 Å². The molecule has 0 unspecified atom stereocenters. The molecule has 14 heavy (non-hydrogen) atoms. The van der Waals surface area contributed by atoms with Crippen molar-refractivity contribution in [3.63, 3.8) is 0 Å². The second-order valence-electron chi connectivity index (χ2n) is 3.00. The molecule has 1 aromatic heterocycles. The number of aromatic nitrogens is 2. The second-order valence-corrected chi connectivity index (χ2v) is 3.00. The summed E-state index contributed by atoms with van der Waals surface area (Å²) in [5.74, 6) is 0. The van der Waals surface area contributed by atoms with E-state index in [1.807, 2.05) is 6.92 Å². The molecule has 0 aliphatic rings. The average molecular weight is 197 g/mol. The normalized spacial score (nSPS) is 10.6. The van der Waals surface area contributed by atoms with Crippen LogP contribution < -0.4 is 4.74 Å². The Morgan fingerprint density at radius 1 is 1.57 bits per heavy atom. The quantitative estimate of drug-likeness (QED) is 0.726. The summed E-state index contributed by atoms with van der Waals surface area (Å²) in [6, 6.07) is 0.367. The molecule has 0 saturated carbocycles. The molecule has 1 rings (SSSR count). The molecule has 0 atom stereocenters. The molecular formula is C9H15N3O2. The van der Waals surface area contributed by atoms with Crippen molar-refractivity contribution in [1.82, 2.24) is 15.0 Å². The van der Waals surface area contributed by atoms with Gasteiger partial charge >= 0.3 is 6.01 Å². The molecule has 0 aliphatic carbocycles. The first-order valence-electron chi connectivity index (χ1n) is 4.46. The summed E-state index contributed by atoms with van der Waals surface area (Å²) >= 11 is 0. The van der Waals surface area contributed by atoms with Crippen LogP contribution in [0.15, 0.2) is 6.20 Å². The van der Waals surface area contributed by atoms with Crippen LogP contribution >= 0.6 is 0 Å². The molecule has 1 heterocycles. The summed E-state index contributed by atoms with van der Waals surface area (Å²) in [4.78, 5) is 8.18. The predicted octanol–water partition coefficient (Wildman–Crippen LogP) is 0.869. The van der Waals surface area contributed by atoms with Gasteiger partial charge in [0, 0.05) is 18.8 Å². The van der Waals surface area contributed by atoms with Crippen LogP contribution in [-0.2, 0) is 13.0 Å². The summed E-state index contributed by atoms with van der Waals surface area (Å²) in [5.41, 5.74) is 1.82. The molecule has 5 nitrogen and oxygen atoms in total. The highest BCUT2D eigenvalue weighted by molar-refractivity contribution is 5.18. The van der Waals surface area contributed by atoms with E-state index in [1.165, 1.54) is 7.11 Å². The smallest absolute Gasteiger partial charge is 0.316 e. The summed E-state index contributed by atoms with van der Waals surface area (Å²) in [6.07, 6.45) is 2.47. The zero-order valence-corrected chi connectivity index (χ0v) is 8.69. The third-order valence-electron chi connectivity index (χ3n) is 1.85. The largest absolute Gasteiger partial charge is 0.467 e. The number of aryl methyl sites for hydroxylation is 1. The first-order chi connectivity index (χ1) is 6.67. The Kier molecular flexibility index (Phi) is 3.79. The average Bonchev–Trinajstić information content (AvgIpc) is 2.17. The number of hydrogen-bond donors (Lipinski definition) is 1. The molecule has 0 fully saturated rings. The number of ether oxygens (including phenoxy) is 1. The summed E-state index contributed by atoms with van der Waals surface area (Å²) < 4.78 is 4.92. The zero-order chi connectivity index (χ0) is 10.6. The summed E-state index contributed by atoms with van der Waals surface area (Å²) in [6.45, 7) is 2.43. The van der Waals surface area contributed by atoms with Crippen LogP contribution in [-0.4, -0.2) is 34.4 Å². The van der Waals surface area contributed by atoms with Gasteiger partial charge in [-0.25, -0.2) is 4.98 Å². The maximum atomic E-state index is 9.10.